The van der Waals surface area contributed by atoms with Crippen LogP contribution in [-0.4, -0.2) is 24.5 Å². The largest absolute Gasteiger partial charge is 0.390 e. The normalized spacial score (nSPS) is 20.6. The van der Waals surface area contributed by atoms with Gasteiger partial charge in [-0.25, -0.2) is 0 Å². The summed E-state index contributed by atoms with van der Waals surface area (Å²) in [6, 6.07) is 16.9. The Morgan fingerprint density at radius 1 is 1.09 bits per heavy atom. The molecule has 0 saturated carbocycles. The number of benzene rings is 2. The van der Waals surface area contributed by atoms with Gasteiger partial charge in [-0.05, 0) is 22.4 Å². The Kier molecular flexibility index (Phi) is 3.65. The molecule has 2 heterocycles. The molecule has 1 N–H and O–H groups in total. The van der Waals surface area contributed by atoms with E-state index in [1.807, 2.05) is 12.1 Å². The first kappa shape index (κ1) is 13.9. The molecule has 1 atom stereocenters. The Morgan fingerprint density at radius 2 is 1.95 bits per heavy atom. The summed E-state index contributed by atoms with van der Waals surface area (Å²) in [4.78, 5) is 2.52. The van der Waals surface area contributed by atoms with Gasteiger partial charge in [-0.3, -0.25) is 4.90 Å². The molecular formula is C19H19ClN2. The van der Waals surface area contributed by atoms with Crippen molar-refractivity contribution in [2.45, 2.75) is 6.54 Å². The highest BCUT2D eigenvalue weighted by Gasteiger charge is 2.29. The molecule has 0 radical (unpaired) electrons. The van der Waals surface area contributed by atoms with E-state index in [2.05, 4.69) is 52.8 Å². The van der Waals surface area contributed by atoms with E-state index in [9.17, 15) is 0 Å². The molecule has 2 aromatic carbocycles. The minimum atomic E-state index is 0.543. The highest BCUT2D eigenvalue weighted by atomic mass is 35.5. The summed E-state index contributed by atoms with van der Waals surface area (Å²) >= 11 is 6.50. The predicted octanol–water partition coefficient (Wildman–Crippen LogP) is 1.96. The summed E-state index contributed by atoms with van der Waals surface area (Å²) in [6.45, 7) is 4.09. The molecule has 1 unspecified atom stereocenters. The molecule has 0 spiro atoms. The molecule has 0 bridgehead atoms. The second-order valence-electron chi connectivity index (χ2n) is 6.13. The number of rotatable bonds is 2. The van der Waals surface area contributed by atoms with Crippen LogP contribution in [0, 0.1) is 5.92 Å². The number of fused-ring (bicyclic) bond motifs is 2. The molecular weight excluding hydrogens is 292 g/mol. The van der Waals surface area contributed by atoms with Crippen LogP contribution in [0.5, 0.6) is 0 Å². The van der Waals surface area contributed by atoms with Crippen LogP contribution >= 0.6 is 11.6 Å². The van der Waals surface area contributed by atoms with E-state index in [4.69, 9.17) is 11.6 Å². The maximum atomic E-state index is 6.50. The van der Waals surface area contributed by atoms with Gasteiger partial charge in [0, 0.05) is 48.5 Å². The molecule has 4 rings (SSSR count). The molecule has 3 heteroatoms. The van der Waals surface area contributed by atoms with Crippen LogP contribution in [-0.2, 0) is 6.54 Å². The van der Waals surface area contributed by atoms with Crippen molar-refractivity contribution in [3.63, 3.8) is 0 Å². The van der Waals surface area contributed by atoms with Gasteiger partial charge in [-0.1, -0.05) is 54.1 Å². The fraction of sp³-hybridized carbons (Fsp3) is 0.263. The SMILES string of the molecule is Clc1cccc2c1=C1CN(Cc3ccccc3)CC1CNC=2. The highest BCUT2D eigenvalue weighted by Crippen LogP contribution is 2.25. The van der Waals surface area contributed by atoms with Crippen LogP contribution in [0.2, 0.25) is 5.02 Å². The molecule has 2 aliphatic heterocycles. The Hall–Kier alpha value is -1.77. The third kappa shape index (κ3) is 2.53. The lowest BCUT2D eigenvalue weighted by molar-refractivity contribution is 0.317. The lowest BCUT2D eigenvalue weighted by Crippen LogP contribution is -2.30. The van der Waals surface area contributed by atoms with Gasteiger partial charge in [0.05, 0.1) is 0 Å². The zero-order valence-electron chi connectivity index (χ0n) is 12.4. The topological polar surface area (TPSA) is 15.3 Å². The van der Waals surface area contributed by atoms with Gasteiger partial charge in [-0.2, -0.15) is 0 Å². The zero-order chi connectivity index (χ0) is 14.9. The maximum Gasteiger partial charge on any atom is 0.0485 e. The first-order chi connectivity index (χ1) is 10.8. The average molecular weight is 311 g/mol. The fourth-order valence-corrected chi connectivity index (χ4v) is 3.90. The van der Waals surface area contributed by atoms with Crippen molar-refractivity contribution in [1.29, 1.82) is 0 Å². The first-order valence-corrected chi connectivity index (χ1v) is 8.16. The van der Waals surface area contributed by atoms with E-state index in [1.54, 1.807) is 0 Å². The predicted molar refractivity (Wildman–Crippen MR) is 91.8 cm³/mol. The summed E-state index contributed by atoms with van der Waals surface area (Å²) in [6.07, 6.45) is 2.11. The van der Waals surface area contributed by atoms with Crippen LogP contribution in [0.1, 0.15) is 5.56 Å². The minimum Gasteiger partial charge on any atom is -0.390 e. The van der Waals surface area contributed by atoms with E-state index < -0.39 is 0 Å². The van der Waals surface area contributed by atoms with Crippen LogP contribution in [0.3, 0.4) is 0 Å². The second kappa shape index (κ2) is 5.79. The Morgan fingerprint density at radius 3 is 2.82 bits per heavy atom. The molecule has 2 aliphatic rings. The van der Waals surface area contributed by atoms with Gasteiger partial charge >= 0.3 is 0 Å². The fourth-order valence-electron chi connectivity index (χ4n) is 3.60. The first-order valence-electron chi connectivity index (χ1n) is 7.79. The van der Waals surface area contributed by atoms with Crippen LogP contribution in [0.4, 0.5) is 0 Å². The summed E-state index contributed by atoms with van der Waals surface area (Å²) in [5.41, 5.74) is 2.86. The molecule has 2 aromatic rings. The lowest BCUT2D eigenvalue weighted by atomic mass is 10.0. The van der Waals surface area contributed by atoms with Crippen molar-refractivity contribution in [3.05, 3.63) is 69.6 Å². The minimum absolute atomic E-state index is 0.543. The number of hydrogen-bond donors (Lipinski definition) is 1. The quantitative estimate of drug-likeness (QED) is 0.912. The van der Waals surface area contributed by atoms with E-state index >= 15 is 0 Å². The molecule has 0 aromatic heterocycles. The molecule has 22 heavy (non-hydrogen) atoms. The van der Waals surface area contributed by atoms with Gasteiger partial charge in [0.15, 0.2) is 0 Å². The molecule has 112 valence electrons. The van der Waals surface area contributed by atoms with Crippen molar-refractivity contribution < 1.29 is 0 Å². The smallest absolute Gasteiger partial charge is 0.0485 e. The Balaban J connectivity index is 1.72. The Labute approximate surface area is 135 Å². The Bertz CT molecular complexity index is 798. The third-order valence-corrected chi connectivity index (χ3v) is 4.92. The van der Waals surface area contributed by atoms with Crippen LogP contribution in [0.15, 0.2) is 48.5 Å². The van der Waals surface area contributed by atoms with E-state index in [0.29, 0.717) is 5.92 Å². The van der Waals surface area contributed by atoms with Crippen LogP contribution < -0.4 is 15.8 Å². The summed E-state index contributed by atoms with van der Waals surface area (Å²) in [7, 11) is 0. The lowest BCUT2D eigenvalue weighted by Gasteiger charge is -2.15. The third-order valence-electron chi connectivity index (χ3n) is 4.60. The van der Waals surface area contributed by atoms with Gasteiger partial charge in [0.25, 0.3) is 0 Å². The van der Waals surface area contributed by atoms with Crippen molar-refractivity contribution in [2.24, 2.45) is 5.92 Å². The molecule has 0 amide bonds. The van der Waals surface area contributed by atoms with Crippen molar-refractivity contribution in [1.82, 2.24) is 10.2 Å². The standard InChI is InChI=1S/C19H19ClN2/c20-18-8-4-7-15-9-21-10-16-12-22(13-17(16)19(15)18)11-14-5-2-1-3-6-14/h1-9,16,21H,10-13H2. The van der Waals surface area contributed by atoms with Gasteiger partial charge in [0.1, 0.15) is 0 Å². The van der Waals surface area contributed by atoms with Crippen LogP contribution in [0.25, 0.3) is 11.8 Å². The molecule has 0 aliphatic carbocycles. The van der Waals surface area contributed by atoms with E-state index in [1.165, 1.54) is 21.6 Å². The summed E-state index contributed by atoms with van der Waals surface area (Å²) in [5.74, 6) is 0.543. The maximum absolute atomic E-state index is 6.50. The van der Waals surface area contributed by atoms with Gasteiger partial charge in [0.2, 0.25) is 0 Å². The average Bonchev–Trinajstić information content (AvgIpc) is 2.82. The number of hydrogen-bond acceptors (Lipinski definition) is 2. The second-order valence-corrected chi connectivity index (χ2v) is 6.54. The number of nitrogens with zero attached hydrogens (tertiary/aromatic N) is 1. The highest BCUT2D eigenvalue weighted by molar-refractivity contribution is 6.30. The number of likely N-dealkylation sites (tertiary alicyclic amines) is 1. The number of nitrogens with one attached hydrogen (secondary N) is 1. The summed E-state index contributed by atoms with van der Waals surface area (Å²) < 4.78 is 0. The zero-order valence-corrected chi connectivity index (χ0v) is 13.2. The number of halogens is 1. The summed E-state index contributed by atoms with van der Waals surface area (Å²) in [5, 5.41) is 6.79. The molecule has 1 saturated heterocycles. The molecule has 1 fully saturated rings. The van der Waals surface area contributed by atoms with E-state index in [-0.39, 0.29) is 0 Å². The van der Waals surface area contributed by atoms with E-state index in [0.717, 1.165) is 31.2 Å². The van der Waals surface area contributed by atoms with Gasteiger partial charge < -0.3 is 5.32 Å². The van der Waals surface area contributed by atoms with Crippen molar-refractivity contribution in [2.75, 3.05) is 19.6 Å². The van der Waals surface area contributed by atoms with Crippen molar-refractivity contribution >= 4 is 23.4 Å². The molecule has 2 nitrogen and oxygen atoms in total. The monoisotopic (exact) mass is 310 g/mol. The van der Waals surface area contributed by atoms with Crippen molar-refractivity contribution in [3.8, 4) is 0 Å². The van der Waals surface area contributed by atoms with Gasteiger partial charge in [-0.15, -0.1) is 0 Å².